The molecule has 5 nitrogen and oxygen atoms in total. The van der Waals surface area contributed by atoms with Gasteiger partial charge in [-0.2, -0.15) is 0 Å². The zero-order valence-corrected chi connectivity index (χ0v) is 13.8. The first-order chi connectivity index (χ1) is 11.1. The van der Waals surface area contributed by atoms with E-state index in [1.54, 1.807) is 25.4 Å². The number of carbonyl (C=O) groups excluding carboxylic acids is 1. The standard InChI is InChI=1S/C18H23N3O2/c1-13(2)11-21-18(22)14-8-9-19-17(10-14)20-12-15-6-4-5-7-16(15)23-3/h4-10,13H,11-12H2,1-3H3,(H,19,20)(H,21,22). The van der Waals surface area contributed by atoms with Crippen molar-refractivity contribution in [1.29, 1.82) is 0 Å². The molecule has 2 rings (SSSR count). The molecular formula is C18H23N3O2. The summed E-state index contributed by atoms with van der Waals surface area (Å²) in [5.41, 5.74) is 1.63. The Hall–Kier alpha value is -2.56. The molecule has 0 aliphatic carbocycles. The number of para-hydroxylation sites is 1. The number of nitrogens with one attached hydrogen (secondary N) is 2. The third kappa shape index (κ3) is 4.98. The maximum Gasteiger partial charge on any atom is 0.251 e. The van der Waals surface area contributed by atoms with Crippen LogP contribution in [0.1, 0.15) is 29.8 Å². The highest BCUT2D eigenvalue weighted by Gasteiger charge is 2.08. The van der Waals surface area contributed by atoms with E-state index in [4.69, 9.17) is 4.74 Å². The smallest absolute Gasteiger partial charge is 0.251 e. The number of hydrogen-bond donors (Lipinski definition) is 2. The Morgan fingerprint density at radius 1 is 1.26 bits per heavy atom. The lowest BCUT2D eigenvalue weighted by Crippen LogP contribution is -2.27. The number of amides is 1. The van der Waals surface area contributed by atoms with Crippen LogP contribution in [-0.2, 0) is 6.54 Å². The minimum absolute atomic E-state index is 0.0820. The molecular weight excluding hydrogens is 290 g/mol. The average molecular weight is 313 g/mol. The molecule has 2 N–H and O–H groups in total. The monoisotopic (exact) mass is 313 g/mol. The van der Waals surface area contributed by atoms with Crippen LogP contribution >= 0.6 is 0 Å². The molecule has 0 saturated carbocycles. The van der Waals surface area contributed by atoms with Gasteiger partial charge in [-0.1, -0.05) is 32.0 Å². The molecule has 0 aliphatic rings. The second kappa shape index (κ2) is 8.17. The summed E-state index contributed by atoms with van der Waals surface area (Å²) in [6.45, 7) is 5.36. The number of benzene rings is 1. The molecule has 1 aromatic carbocycles. The lowest BCUT2D eigenvalue weighted by Gasteiger charge is -2.11. The van der Waals surface area contributed by atoms with Crippen molar-refractivity contribution in [2.24, 2.45) is 5.92 Å². The lowest BCUT2D eigenvalue weighted by atomic mass is 10.2. The Morgan fingerprint density at radius 2 is 2.04 bits per heavy atom. The van der Waals surface area contributed by atoms with Gasteiger partial charge in [0.05, 0.1) is 7.11 Å². The van der Waals surface area contributed by atoms with Crippen LogP contribution in [0.15, 0.2) is 42.6 Å². The molecule has 5 heteroatoms. The number of rotatable bonds is 7. The van der Waals surface area contributed by atoms with Gasteiger partial charge in [-0.3, -0.25) is 4.79 Å². The van der Waals surface area contributed by atoms with E-state index in [1.807, 2.05) is 24.3 Å². The minimum Gasteiger partial charge on any atom is -0.496 e. The van der Waals surface area contributed by atoms with Gasteiger partial charge in [-0.25, -0.2) is 4.98 Å². The van der Waals surface area contributed by atoms with E-state index in [0.717, 1.165) is 11.3 Å². The summed E-state index contributed by atoms with van der Waals surface area (Å²) in [6, 6.07) is 11.3. The minimum atomic E-state index is -0.0820. The van der Waals surface area contributed by atoms with E-state index in [2.05, 4.69) is 29.5 Å². The fourth-order valence-electron chi connectivity index (χ4n) is 2.10. The van der Waals surface area contributed by atoms with E-state index < -0.39 is 0 Å². The van der Waals surface area contributed by atoms with Gasteiger partial charge in [0, 0.05) is 30.4 Å². The fourth-order valence-corrected chi connectivity index (χ4v) is 2.10. The number of nitrogens with zero attached hydrogens (tertiary/aromatic N) is 1. The van der Waals surface area contributed by atoms with Crippen molar-refractivity contribution in [3.8, 4) is 5.75 Å². The second-order valence-electron chi connectivity index (χ2n) is 5.70. The molecule has 0 atom stereocenters. The van der Waals surface area contributed by atoms with Gasteiger partial charge in [-0.15, -0.1) is 0 Å². The number of aromatic nitrogens is 1. The number of hydrogen-bond acceptors (Lipinski definition) is 4. The third-order valence-electron chi connectivity index (χ3n) is 3.35. The summed E-state index contributed by atoms with van der Waals surface area (Å²) < 4.78 is 5.33. The number of carbonyl (C=O) groups is 1. The van der Waals surface area contributed by atoms with Crippen LogP contribution in [0.3, 0.4) is 0 Å². The number of pyridine rings is 1. The Balaban J connectivity index is 2.01. The van der Waals surface area contributed by atoms with Crippen LogP contribution in [0.5, 0.6) is 5.75 Å². The molecule has 23 heavy (non-hydrogen) atoms. The first-order valence-electron chi connectivity index (χ1n) is 7.70. The number of anilines is 1. The number of ether oxygens (including phenoxy) is 1. The highest BCUT2D eigenvalue weighted by Crippen LogP contribution is 2.18. The zero-order valence-electron chi connectivity index (χ0n) is 13.8. The predicted octanol–water partition coefficient (Wildman–Crippen LogP) is 3.09. The SMILES string of the molecule is COc1ccccc1CNc1cc(C(=O)NCC(C)C)ccn1. The molecule has 0 saturated heterocycles. The molecule has 0 radical (unpaired) electrons. The van der Waals surface area contributed by atoms with Crippen LogP contribution in [0, 0.1) is 5.92 Å². The van der Waals surface area contributed by atoms with Gasteiger partial charge in [0.15, 0.2) is 0 Å². The molecule has 1 aromatic heterocycles. The second-order valence-corrected chi connectivity index (χ2v) is 5.70. The topological polar surface area (TPSA) is 63.2 Å². The zero-order chi connectivity index (χ0) is 16.7. The van der Waals surface area contributed by atoms with Crippen molar-refractivity contribution in [2.45, 2.75) is 20.4 Å². The molecule has 0 spiro atoms. The molecule has 1 amide bonds. The molecule has 2 aromatic rings. The third-order valence-corrected chi connectivity index (χ3v) is 3.35. The van der Waals surface area contributed by atoms with E-state index in [-0.39, 0.29) is 5.91 Å². The van der Waals surface area contributed by atoms with Crippen molar-refractivity contribution in [2.75, 3.05) is 19.0 Å². The van der Waals surface area contributed by atoms with E-state index in [1.165, 1.54) is 0 Å². The maximum absolute atomic E-state index is 12.1. The first kappa shape index (κ1) is 16.8. The summed E-state index contributed by atoms with van der Waals surface area (Å²) >= 11 is 0. The van der Waals surface area contributed by atoms with Gasteiger partial charge in [0.1, 0.15) is 11.6 Å². The molecule has 0 bridgehead atoms. The van der Waals surface area contributed by atoms with Crippen LogP contribution in [0.4, 0.5) is 5.82 Å². The van der Waals surface area contributed by atoms with Crippen LogP contribution < -0.4 is 15.4 Å². The van der Waals surface area contributed by atoms with Gasteiger partial charge in [-0.05, 0) is 24.1 Å². The van der Waals surface area contributed by atoms with Gasteiger partial charge in [0.25, 0.3) is 5.91 Å². The van der Waals surface area contributed by atoms with Crippen molar-refractivity contribution in [3.63, 3.8) is 0 Å². The molecule has 0 fully saturated rings. The van der Waals surface area contributed by atoms with Crippen molar-refractivity contribution >= 4 is 11.7 Å². The summed E-state index contributed by atoms with van der Waals surface area (Å²) in [5, 5.41) is 6.13. The van der Waals surface area contributed by atoms with Crippen molar-refractivity contribution in [3.05, 3.63) is 53.7 Å². The van der Waals surface area contributed by atoms with Gasteiger partial charge >= 0.3 is 0 Å². The first-order valence-corrected chi connectivity index (χ1v) is 7.70. The van der Waals surface area contributed by atoms with Crippen LogP contribution in [0.2, 0.25) is 0 Å². The molecule has 122 valence electrons. The van der Waals surface area contributed by atoms with Crippen LogP contribution in [-0.4, -0.2) is 24.5 Å². The summed E-state index contributed by atoms with van der Waals surface area (Å²) in [6.07, 6.45) is 1.63. The van der Waals surface area contributed by atoms with Crippen molar-refractivity contribution in [1.82, 2.24) is 10.3 Å². The van der Waals surface area contributed by atoms with Gasteiger partial charge in [0.2, 0.25) is 0 Å². The average Bonchev–Trinajstić information content (AvgIpc) is 2.58. The maximum atomic E-state index is 12.1. The largest absolute Gasteiger partial charge is 0.496 e. The normalized spacial score (nSPS) is 10.4. The molecule has 0 aliphatic heterocycles. The quantitative estimate of drug-likeness (QED) is 0.824. The van der Waals surface area contributed by atoms with Crippen molar-refractivity contribution < 1.29 is 9.53 Å². The van der Waals surface area contributed by atoms with Crippen LogP contribution in [0.25, 0.3) is 0 Å². The Morgan fingerprint density at radius 3 is 2.78 bits per heavy atom. The fraction of sp³-hybridized carbons (Fsp3) is 0.333. The lowest BCUT2D eigenvalue weighted by molar-refractivity contribution is 0.0949. The highest BCUT2D eigenvalue weighted by atomic mass is 16.5. The van der Waals surface area contributed by atoms with Gasteiger partial charge < -0.3 is 15.4 Å². The molecule has 0 unspecified atom stereocenters. The molecule has 1 heterocycles. The Kier molecular flexibility index (Phi) is 5.97. The number of methoxy groups -OCH3 is 1. The van der Waals surface area contributed by atoms with E-state index in [0.29, 0.717) is 30.4 Å². The Bertz CT molecular complexity index is 656. The highest BCUT2D eigenvalue weighted by molar-refractivity contribution is 5.94. The Labute approximate surface area is 137 Å². The van der Waals surface area contributed by atoms with E-state index in [9.17, 15) is 4.79 Å². The predicted molar refractivity (Wildman–Crippen MR) is 91.7 cm³/mol. The summed E-state index contributed by atoms with van der Waals surface area (Å²) in [5.74, 6) is 1.82. The van der Waals surface area contributed by atoms with E-state index >= 15 is 0 Å². The summed E-state index contributed by atoms with van der Waals surface area (Å²) in [4.78, 5) is 16.3. The summed E-state index contributed by atoms with van der Waals surface area (Å²) in [7, 11) is 1.65.